The molecule has 4 bridgehead atoms. The van der Waals surface area contributed by atoms with Crippen LogP contribution in [0, 0.1) is 56.7 Å². The highest BCUT2D eigenvalue weighted by atomic mass is 16.7. The van der Waals surface area contributed by atoms with Gasteiger partial charge < -0.3 is 87.9 Å². The molecule has 0 radical (unpaired) electrons. The molecule has 4 unspecified atom stereocenters. The van der Waals surface area contributed by atoms with E-state index < -0.39 is 225 Å². The summed E-state index contributed by atoms with van der Waals surface area (Å²) in [4.78, 5) is 166. The number of alkyl carbamates (subject to hydrolysis) is 2. The van der Waals surface area contributed by atoms with Gasteiger partial charge in [-0.25, -0.2) is 28.8 Å². The maximum absolute atomic E-state index is 15.5. The van der Waals surface area contributed by atoms with Crippen molar-refractivity contribution in [2.45, 2.75) is 305 Å². The highest BCUT2D eigenvalue weighted by Crippen LogP contribution is 2.66. The molecule has 0 spiro atoms. The van der Waals surface area contributed by atoms with Crippen molar-refractivity contribution in [3.63, 3.8) is 0 Å². The van der Waals surface area contributed by atoms with Crippen molar-refractivity contribution in [3.8, 4) is 0 Å². The molecule has 5 saturated carbocycles. The number of ether oxygens (including phenoxy) is 12. The lowest BCUT2D eigenvalue weighted by atomic mass is 9.46. The number of rotatable bonds is 20. The number of esters is 8. The van der Waals surface area contributed by atoms with Crippen LogP contribution in [0.3, 0.4) is 0 Å². The summed E-state index contributed by atoms with van der Waals surface area (Å²) < 4.78 is 72.4. The normalized spacial score (nSPS) is 33.3. The van der Waals surface area contributed by atoms with Crippen LogP contribution in [0.15, 0.2) is 94.6 Å². The second-order valence-corrected chi connectivity index (χ2v) is 37.8. The smallest absolute Gasteiger partial charge is 0.408 e. The number of carbonyl (C=O) groups is 12. The Morgan fingerprint density at radius 1 is 0.529 bits per heavy atom. The Hall–Kier alpha value is -8.94. The van der Waals surface area contributed by atoms with Crippen LogP contribution in [0.2, 0.25) is 0 Å². The Morgan fingerprint density at radius 2 is 0.891 bits per heavy atom. The van der Waals surface area contributed by atoms with Crippen molar-refractivity contribution < 1.29 is 135 Å². The number of aliphatic hydroxyl groups is 4. The van der Waals surface area contributed by atoms with Crippen LogP contribution in [0.4, 0.5) is 9.59 Å². The Balaban J connectivity index is 0.000000250. The summed E-state index contributed by atoms with van der Waals surface area (Å²) in [5.74, 6) is -12.5. The van der Waals surface area contributed by atoms with Crippen LogP contribution >= 0.6 is 0 Å². The predicted octanol–water partition coefficient (Wildman–Crippen LogP) is 9.48. The number of ketones is 2. The molecule has 2 aromatic rings. The molecule has 2 amide bonds. The first kappa shape index (κ1) is 92.3. The summed E-state index contributed by atoms with van der Waals surface area (Å²) in [6, 6.07) is 14.0. The monoisotopic (exact) mass is 1660 g/mol. The van der Waals surface area contributed by atoms with Gasteiger partial charge in [0.25, 0.3) is 0 Å². The number of amides is 2. The van der Waals surface area contributed by atoms with Gasteiger partial charge in [0.1, 0.15) is 47.8 Å². The van der Waals surface area contributed by atoms with E-state index in [4.69, 9.17) is 56.8 Å². The van der Waals surface area contributed by atoms with Crippen molar-refractivity contribution in [1.82, 2.24) is 10.6 Å². The summed E-state index contributed by atoms with van der Waals surface area (Å²) in [6.45, 7) is 36.2. The topological polar surface area (TPSA) is 421 Å². The minimum atomic E-state index is -1.94. The molecule has 9 aliphatic rings. The summed E-state index contributed by atoms with van der Waals surface area (Å²) >= 11 is 0. The van der Waals surface area contributed by atoms with E-state index >= 15 is 9.59 Å². The number of allylic oxidation sites excluding steroid dienone is 1. The predicted molar refractivity (Wildman–Crippen MR) is 423 cm³/mol. The lowest BCUT2D eigenvalue weighted by molar-refractivity contribution is -0.335. The maximum atomic E-state index is 15.5. The fourth-order valence-electron chi connectivity index (χ4n) is 20.0. The molecule has 6 N–H and O–H groups in total. The van der Waals surface area contributed by atoms with Gasteiger partial charge in [0.2, 0.25) is 0 Å². The Labute approximate surface area is 694 Å². The Bertz CT molecular complexity index is 4370. The molecule has 11 rings (SSSR count). The van der Waals surface area contributed by atoms with E-state index in [2.05, 4.69) is 10.6 Å². The van der Waals surface area contributed by atoms with Gasteiger partial charge in [-0.15, -0.1) is 0 Å². The van der Waals surface area contributed by atoms with Crippen LogP contribution in [0.1, 0.15) is 218 Å². The Kier molecular flexibility index (Phi) is 26.5. The number of fused-ring (bicyclic) bond motifs is 10. The van der Waals surface area contributed by atoms with E-state index in [1.165, 1.54) is 33.8 Å². The summed E-state index contributed by atoms with van der Waals surface area (Å²) in [5, 5.41) is 52.5. The van der Waals surface area contributed by atoms with Gasteiger partial charge in [-0.3, -0.25) is 28.8 Å². The highest BCUT2D eigenvalue weighted by Gasteiger charge is 2.78. The fourth-order valence-corrected chi connectivity index (χ4v) is 20.0. The second kappa shape index (κ2) is 34.2. The Morgan fingerprint density at radius 3 is 1.21 bits per heavy atom. The van der Waals surface area contributed by atoms with E-state index in [9.17, 15) is 68.4 Å². The SMILES string of the molecule is CCC(=O)OC1C(=O)[C@@]2(C)[C@H]([C@H](OC(=O)c3ccccc3)C3C[C@H](OC(=O)[C@H](O)[C@@H](NC(=O)OC(C)(C)C)[C@H]4CC4(C)C)C(C)=C1C3(C)C)[C@]1(OC(C)=O)CO[C@@H]1C[C@@H]2O.CCC(=O)OC1C(=O)[C@@]2(C)[C@H]([C@H](OC(=O)c3ccccc3)C3C[C@H](OC(=O)[C@H](O)[C@H](C=C(C)C)NC(=O)OC(C)(C)C)C(C)=C1C3(C)C)[C@]1(OC(C)=O)CO[C@@H]1C[C@@H]2O. The van der Waals surface area contributed by atoms with Crippen molar-refractivity contribution in [1.29, 1.82) is 0 Å². The standard InChI is InChI=1S/C45H61NO14.C44H59NO14/c1-12-30(49)57-35-31-22(2)27(56-39(53)33(50)32(26-20-42(26,7)8)46-40(54)60-41(4,5)6)18-25(43(31,9)10)34(58-38(52)24-16-14-13-15-17-24)36-44(11,37(35)51)28(48)19-29-45(36,21-55-29)59-23(3)47;1-12-31(48)56-35-32-23(4)28(55-39(52)33(49)27(18-22(2)3)45-40(53)59-41(6,7)8)19-26(42(32,9)10)34(57-38(51)25-16-14-13-15-17-25)36-43(11,37(35)50)29(47)20-30-44(36,21-54-30)58-24(5)46/h13-17,25-29,32-36,48,50H,12,18-21H2,1-11H3,(H,46,54);13-18,26-30,33-36,47,49H,12,19-21H2,1-11H3,(H,45,53)/t25?,26-,27+,28+,29-,32+,33-,34-,35?,36+,44-,45+;26?,27-,28-,29-,30+,33+,34+,35?,36-,43+,44-/m10/s1. The molecule has 7 aliphatic carbocycles. The first-order valence-corrected chi connectivity index (χ1v) is 41.0. The molecule has 30 heteroatoms. The van der Waals surface area contributed by atoms with Gasteiger partial charge in [-0.2, -0.15) is 0 Å². The van der Waals surface area contributed by atoms with Crippen molar-refractivity contribution in [3.05, 3.63) is 106 Å². The fraction of sp³-hybridized carbons (Fsp3) is 0.663. The molecule has 2 saturated heterocycles. The quantitative estimate of drug-likeness (QED) is 0.0408. The number of carbonyl (C=O) groups excluding carboxylic acids is 12. The molecule has 0 aromatic heterocycles. The lowest BCUT2D eigenvalue weighted by Gasteiger charge is -2.66. The molecule has 2 aromatic carbocycles. The third-order valence-corrected chi connectivity index (χ3v) is 26.1. The van der Waals surface area contributed by atoms with Gasteiger partial charge in [0.15, 0.2) is 47.2 Å². The summed E-state index contributed by atoms with van der Waals surface area (Å²) in [7, 11) is 0. The third-order valence-electron chi connectivity index (χ3n) is 26.1. The molecule has 2 aliphatic heterocycles. The van der Waals surface area contributed by atoms with Gasteiger partial charge in [0, 0.05) is 51.4 Å². The van der Waals surface area contributed by atoms with Gasteiger partial charge in [0.05, 0.1) is 71.3 Å². The van der Waals surface area contributed by atoms with E-state index in [1.807, 2.05) is 27.7 Å². The summed E-state index contributed by atoms with van der Waals surface area (Å²) in [6.07, 6.45) is -16.8. The van der Waals surface area contributed by atoms with Crippen LogP contribution in [0.25, 0.3) is 0 Å². The van der Waals surface area contributed by atoms with E-state index in [0.717, 1.165) is 0 Å². The third kappa shape index (κ3) is 17.9. The number of hydrogen-bond acceptors (Lipinski definition) is 28. The largest absolute Gasteiger partial charge is 0.458 e. The van der Waals surface area contributed by atoms with Gasteiger partial charge in [-0.05, 0) is 171 Å². The molecular formula is C89H120N2O28. The molecule has 30 nitrogen and oxygen atoms in total. The van der Waals surface area contributed by atoms with E-state index in [0.29, 0.717) is 23.1 Å². The molecule has 23 atom stereocenters. The number of hydrogen-bond donors (Lipinski definition) is 6. The van der Waals surface area contributed by atoms with Gasteiger partial charge >= 0.3 is 59.9 Å². The minimum Gasteiger partial charge on any atom is -0.458 e. The van der Waals surface area contributed by atoms with Crippen LogP contribution in [-0.2, 0) is 95.2 Å². The second-order valence-electron chi connectivity index (χ2n) is 37.8. The molecule has 7 fully saturated rings. The zero-order valence-corrected chi connectivity index (χ0v) is 72.3. The first-order valence-electron chi connectivity index (χ1n) is 41.0. The maximum Gasteiger partial charge on any atom is 0.408 e. The zero-order valence-electron chi connectivity index (χ0n) is 72.3. The van der Waals surface area contributed by atoms with Crippen LogP contribution in [0.5, 0.6) is 0 Å². The van der Waals surface area contributed by atoms with Crippen LogP contribution < -0.4 is 10.6 Å². The highest BCUT2D eigenvalue weighted by molar-refractivity contribution is 5.97. The average molecular weight is 1670 g/mol. The first-order chi connectivity index (χ1) is 55.2. The number of Topliss-reactive ketones (excluding diaryl/α,β-unsaturated/α-hetero) is 2. The van der Waals surface area contributed by atoms with E-state index in [-0.39, 0.29) is 85.3 Å². The van der Waals surface area contributed by atoms with Crippen LogP contribution in [-0.4, -0.2) is 213 Å². The average Bonchev–Trinajstić information content (AvgIpc) is 1.17. The van der Waals surface area contributed by atoms with Crippen molar-refractivity contribution in [2.75, 3.05) is 13.2 Å². The number of nitrogens with one attached hydrogen (secondary N) is 2. The number of aliphatic hydroxyl groups excluding tert-OH is 4. The zero-order chi connectivity index (χ0) is 88.5. The molecule has 2 heterocycles. The number of benzene rings is 2. The molecule has 119 heavy (non-hydrogen) atoms. The van der Waals surface area contributed by atoms with Gasteiger partial charge in [-0.1, -0.05) is 103 Å². The van der Waals surface area contributed by atoms with Crippen molar-refractivity contribution in [2.24, 2.45) is 56.7 Å². The lowest BCUT2D eigenvalue weighted by Crippen LogP contribution is -2.79. The van der Waals surface area contributed by atoms with E-state index in [1.54, 1.807) is 158 Å². The minimum absolute atomic E-state index is 0.0421. The van der Waals surface area contributed by atoms with Crippen molar-refractivity contribution >= 4 is 71.5 Å². The molecule has 654 valence electrons. The summed E-state index contributed by atoms with van der Waals surface area (Å²) in [5.41, 5.74) is -8.92. The molecular weight excluding hydrogens is 1540 g/mol.